The number of nitrogens with one attached hydrogen (secondary N) is 1. The summed E-state index contributed by atoms with van der Waals surface area (Å²) >= 11 is 6.27. The van der Waals surface area contributed by atoms with Crippen molar-refractivity contribution in [3.8, 4) is 5.75 Å². The van der Waals surface area contributed by atoms with E-state index in [0.717, 1.165) is 28.1 Å². The highest BCUT2D eigenvalue weighted by molar-refractivity contribution is 6.31. The summed E-state index contributed by atoms with van der Waals surface area (Å²) in [7, 11) is 0. The van der Waals surface area contributed by atoms with E-state index in [-0.39, 0.29) is 12.3 Å². The second kappa shape index (κ2) is 9.50. The Kier molecular flexibility index (Phi) is 6.51. The molecule has 0 saturated carbocycles. The Morgan fingerprint density at radius 1 is 1.12 bits per heavy atom. The van der Waals surface area contributed by atoms with Gasteiger partial charge in [-0.05, 0) is 51.0 Å². The number of amides is 1. The van der Waals surface area contributed by atoms with Gasteiger partial charge in [0, 0.05) is 16.8 Å². The average molecular weight is 465 g/mol. The van der Waals surface area contributed by atoms with Gasteiger partial charge in [-0.3, -0.25) is 9.48 Å². The number of anilines is 1. The molecule has 8 heteroatoms. The van der Waals surface area contributed by atoms with Crippen LogP contribution in [0, 0.1) is 27.7 Å². The van der Waals surface area contributed by atoms with Gasteiger partial charge in [-0.2, -0.15) is 5.10 Å². The molecule has 0 aliphatic carbocycles. The lowest BCUT2D eigenvalue weighted by molar-refractivity contribution is 0.101. The van der Waals surface area contributed by atoms with Crippen LogP contribution in [0.3, 0.4) is 0 Å². The van der Waals surface area contributed by atoms with Gasteiger partial charge in [-0.25, -0.2) is 0 Å². The van der Waals surface area contributed by atoms with E-state index in [1.54, 1.807) is 17.7 Å². The first-order chi connectivity index (χ1) is 15.8. The van der Waals surface area contributed by atoms with Crippen LogP contribution < -0.4 is 10.1 Å². The van der Waals surface area contributed by atoms with Crippen LogP contribution in [0.4, 0.5) is 5.82 Å². The number of halogens is 1. The van der Waals surface area contributed by atoms with E-state index in [1.807, 2.05) is 63.2 Å². The molecular weight excluding hydrogens is 440 g/mol. The van der Waals surface area contributed by atoms with Gasteiger partial charge in [-0.1, -0.05) is 52.7 Å². The Labute approximate surface area is 197 Å². The summed E-state index contributed by atoms with van der Waals surface area (Å²) in [5.41, 5.74) is 4.79. The Balaban J connectivity index is 1.48. The van der Waals surface area contributed by atoms with Crippen LogP contribution in [-0.4, -0.2) is 20.8 Å². The smallest absolute Gasteiger partial charge is 0.279 e. The number of ether oxygens (including phenoxy) is 1. The summed E-state index contributed by atoms with van der Waals surface area (Å²) in [4.78, 5) is 12.9. The molecule has 4 rings (SSSR count). The third-order valence-electron chi connectivity index (χ3n) is 5.40. The second-order valence-corrected chi connectivity index (χ2v) is 8.40. The van der Waals surface area contributed by atoms with Crippen molar-refractivity contribution in [3.63, 3.8) is 0 Å². The number of hydrogen-bond donors (Lipinski definition) is 1. The highest BCUT2D eigenvalue weighted by Crippen LogP contribution is 2.23. The lowest BCUT2D eigenvalue weighted by Gasteiger charge is -2.10. The number of nitrogens with zero attached hydrogens (tertiary/aromatic N) is 3. The quantitative estimate of drug-likeness (QED) is 0.383. The van der Waals surface area contributed by atoms with Gasteiger partial charge in [0.1, 0.15) is 18.1 Å². The van der Waals surface area contributed by atoms with Crippen molar-refractivity contribution in [1.82, 2.24) is 14.9 Å². The lowest BCUT2D eigenvalue weighted by Crippen LogP contribution is -2.16. The molecule has 4 aromatic rings. The molecule has 0 unspecified atom stereocenters. The van der Waals surface area contributed by atoms with Gasteiger partial charge in [0.15, 0.2) is 11.5 Å². The number of carbonyl (C=O) groups excluding carboxylic acids is 1. The van der Waals surface area contributed by atoms with E-state index in [0.29, 0.717) is 28.7 Å². The average Bonchev–Trinajstić information content (AvgIpc) is 3.31. The molecule has 170 valence electrons. The van der Waals surface area contributed by atoms with Gasteiger partial charge in [-0.15, -0.1) is 0 Å². The summed E-state index contributed by atoms with van der Waals surface area (Å²) in [5, 5.41) is 11.9. The fraction of sp³-hybridized carbons (Fsp3) is 0.240. The minimum atomic E-state index is -0.409. The summed E-state index contributed by atoms with van der Waals surface area (Å²) < 4.78 is 13.0. The van der Waals surface area contributed by atoms with Crippen molar-refractivity contribution in [2.75, 3.05) is 5.32 Å². The molecule has 0 bridgehead atoms. The van der Waals surface area contributed by atoms with Crippen LogP contribution >= 0.6 is 11.6 Å². The van der Waals surface area contributed by atoms with Crippen molar-refractivity contribution in [2.24, 2.45) is 0 Å². The van der Waals surface area contributed by atoms with E-state index in [1.165, 1.54) is 0 Å². The fourth-order valence-corrected chi connectivity index (χ4v) is 3.74. The molecule has 0 aliphatic rings. The number of aryl methyl sites for hydroxylation is 4. The second-order valence-electron chi connectivity index (χ2n) is 8.00. The van der Waals surface area contributed by atoms with E-state index in [9.17, 15) is 4.79 Å². The minimum Gasteiger partial charge on any atom is -0.488 e. The van der Waals surface area contributed by atoms with Crippen LogP contribution in [0.5, 0.6) is 5.75 Å². The molecule has 2 aromatic heterocycles. The molecule has 33 heavy (non-hydrogen) atoms. The zero-order valence-corrected chi connectivity index (χ0v) is 19.7. The van der Waals surface area contributed by atoms with Crippen LogP contribution in [-0.2, 0) is 13.2 Å². The highest BCUT2D eigenvalue weighted by Gasteiger charge is 2.22. The lowest BCUT2D eigenvalue weighted by atomic mass is 10.1. The molecule has 0 saturated heterocycles. The van der Waals surface area contributed by atoms with Crippen molar-refractivity contribution in [1.29, 1.82) is 0 Å². The highest BCUT2D eigenvalue weighted by atomic mass is 35.5. The zero-order chi connectivity index (χ0) is 23.5. The zero-order valence-electron chi connectivity index (χ0n) is 19.0. The molecule has 0 atom stereocenters. The summed E-state index contributed by atoms with van der Waals surface area (Å²) in [5.74, 6) is 1.30. The molecule has 1 N–H and O–H groups in total. The molecular formula is C25H25ClN4O3. The van der Waals surface area contributed by atoms with E-state index in [2.05, 4.69) is 15.6 Å². The Bertz CT molecular complexity index is 1310. The maximum absolute atomic E-state index is 12.9. The van der Waals surface area contributed by atoms with Crippen LogP contribution in [0.15, 0.2) is 53.1 Å². The molecule has 0 radical (unpaired) electrons. The summed E-state index contributed by atoms with van der Waals surface area (Å²) in [6.07, 6.45) is 0. The number of hydrogen-bond acceptors (Lipinski definition) is 5. The maximum Gasteiger partial charge on any atom is 0.279 e. The molecule has 7 nitrogen and oxygen atoms in total. The molecule has 2 heterocycles. The molecule has 1 amide bonds. The van der Waals surface area contributed by atoms with Crippen molar-refractivity contribution >= 4 is 23.3 Å². The maximum atomic E-state index is 12.9. The standard InChI is InChI=1S/C25H25ClN4O3/c1-15-9-10-22(16(2)11-15)32-14-20-18(4)33-29-24(20)25(31)27-23-12-17(3)30(28-23)13-19-7-5-6-8-21(19)26/h5-12H,13-14H2,1-4H3,(H,27,28,31). The topological polar surface area (TPSA) is 82.2 Å². The normalized spacial score (nSPS) is 10.9. The molecule has 0 fully saturated rings. The predicted molar refractivity (Wildman–Crippen MR) is 127 cm³/mol. The van der Waals surface area contributed by atoms with Gasteiger partial charge in [0.25, 0.3) is 5.91 Å². The predicted octanol–water partition coefficient (Wildman–Crippen LogP) is 5.64. The Morgan fingerprint density at radius 2 is 1.91 bits per heavy atom. The number of carbonyl (C=O) groups is 1. The third-order valence-corrected chi connectivity index (χ3v) is 5.77. The van der Waals surface area contributed by atoms with Gasteiger partial charge in [0.05, 0.1) is 12.1 Å². The summed E-state index contributed by atoms with van der Waals surface area (Å²) in [6, 6.07) is 15.3. The number of benzene rings is 2. The minimum absolute atomic E-state index is 0.169. The summed E-state index contributed by atoms with van der Waals surface area (Å²) in [6.45, 7) is 8.36. The Hall–Kier alpha value is -3.58. The molecule has 0 spiro atoms. The van der Waals surface area contributed by atoms with Crippen molar-refractivity contribution in [3.05, 3.63) is 93.0 Å². The Morgan fingerprint density at radius 3 is 2.67 bits per heavy atom. The number of aromatic nitrogens is 3. The fourth-order valence-electron chi connectivity index (χ4n) is 3.55. The monoisotopic (exact) mass is 464 g/mol. The van der Waals surface area contributed by atoms with E-state index >= 15 is 0 Å². The van der Waals surface area contributed by atoms with E-state index < -0.39 is 5.91 Å². The van der Waals surface area contributed by atoms with E-state index in [4.69, 9.17) is 20.9 Å². The molecule has 2 aromatic carbocycles. The van der Waals surface area contributed by atoms with Crippen LogP contribution in [0.2, 0.25) is 5.02 Å². The van der Waals surface area contributed by atoms with Gasteiger partial charge >= 0.3 is 0 Å². The van der Waals surface area contributed by atoms with Gasteiger partial charge < -0.3 is 14.6 Å². The van der Waals surface area contributed by atoms with Crippen LogP contribution in [0.25, 0.3) is 0 Å². The molecule has 0 aliphatic heterocycles. The third kappa shape index (κ3) is 5.09. The van der Waals surface area contributed by atoms with Crippen molar-refractivity contribution in [2.45, 2.75) is 40.8 Å². The number of rotatable bonds is 7. The first-order valence-corrected chi connectivity index (χ1v) is 10.9. The largest absolute Gasteiger partial charge is 0.488 e. The SMILES string of the molecule is Cc1ccc(OCc2c(C(=O)Nc3cc(C)n(Cc4ccccc4Cl)n3)noc2C)c(C)c1. The van der Waals surface area contributed by atoms with Gasteiger partial charge in [0.2, 0.25) is 0 Å². The van der Waals surface area contributed by atoms with Crippen molar-refractivity contribution < 1.29 is 14.1 Å². The van der Waals surface area contributed by atoms with Crippen LogP contribution in [0.1, 0.15) is 44.2 Å². The first kappa shape index (κ1) is 22.6. The first-order valence-electron chi connectivity index (χ1n) is 10.6.